The van der Waals surface area contributed by atoms with Crippen LogP contribution in [-0.2, 0) is 17.1 Å². The molecular weight excluding hydrogens is 378 g/mol. The van der Waals surface area contributed by atoms with Crippen LogP contribution in [0, 0.1) is 11.3 Å². The maximum atomic E-state index is 12.9. The van der Waals surface area contributed by atoms with Crippen LogP contribution in [0.15, 0.2) is 41.8 Å². The van der Waals surface area contributed by atoms with Gasteiger partial charge in [0.25, 0.3) is 10.0 Å². The molecular formula is C19H23N5O3S. The molecule has 28 heavy (non-hydrogen) atoms. The number of hydrogen-bond donors (Lipinski definition) is 0. The summed E-state index contributed by atoms with van der Waals surface area (Å²) in [5, 5.41) is 8.96. The van der Waals surface area contributed by atoms with Crippen molar-refractivity contribution >= 4 is 10.0 Å². The predicted octanol–water partition coefficient (Wildman–Crippen LogP) is 1.21. The van der Waals surface area contributed by atoms with E-state index in [1.54, 1.807) is 46.4 Å². The third-order valence-corrected chi connectivity index (χ3v) is 7.20. The van der Waals surface area contributed by atoms with Crippen molar-refractivity contribution in [3.8, 4) is 11.8 Å². The highest BCUT2D eigenvalue weighted by Crippen LogP contribution is 2.32. The number of imidazole rings is 1. The fourth-order valence-electron chi connectivity index (χ4n) is 4.06. The van der Waals surface area contributed by atoms with E-state index in [2.05, 4.69) is 16.0 Å². The molecule has 0 spiro atoms. The third kappa shape index (κ3) is 3.63. The minimum atomic E-state index is -3.54. The second-order valence-corrected chi connectivity index (χ2v) is 9.19. The zero-order valence-corrected chi connectivity index (χ0v) is 16.5. The Morgan fingerprint density at radius 2 is 1.89 bits per heavy atom. The van der Waals surface area contributed by atoms with E-state index >= 15 is 0 Å². The molecule has 2 bridgehead atoms. The molecule has 2 aromatic rings. The van der Waals surface area contributed by atoms with Gasteiger partial charge in [-0.15, -0.1) is 0 Å². The number of piperazine rings is 1. The molecule has 2 saturated heterocycles. The zero-order chi connectivity index (χ0) is 19.7. The molecule has 148 valence electrons. The fraction of sp³-hybridized carbons (Fsp3) is 0.474. The van der Waals surface area contributed by atoms with Crippen LogP contribution in [-0.4, -0.2) is 65.5 Å². The molecule has 0 amide bonds. The Balaban J connectivity index is 1.35. The van der Waals surface area contributed by atoms with Gasteiger partial charge in [0.05, 0.1) is 18.0 Å². The number of fused-ring (bicyclic) bond motifs is 2. The summed E-state index contributed by atoms with van der Waals surface area (Å²) in [6.45, 7) is 2.28. The standard InChI is InChI=1S/C19H23N5O3S/c1-22-13-19(21-14-22)28(25,26)23-11-16-4-5-17(12-23)24(16)8-9-27-18-6-2-15(10-20)3-7-18/h2-3,6-7,13-14,16-17H,4-5,8-9,11-12H2,1H3. The summed E-state index contributed by atoms with van der Waals surface area (Å²) < 4.78 is 34.8. The maximum Gasteiger partial charge on any atom is 0.262 e. The highest BCUT2D eigenvalue weighted by Gasteiger charge is 2.44. The molecule has 0 N–H and O–H groups in total. The summed E-state index contributed by atoms with van der Waals surface area (Å²) in [6, 6.07) is 9.57. The van der Waals surface area contributed by atoms with E-state index in [0.29, 0.717) is 25.3 Å². The summed E-state index contributed by atoms with van der Waals surface area (Å²) in [5.41, 5.74) is 0.607. The molecule has 8 nitrogen and oxygen atoms in total. The van der Waals surface area contributed by atoms with Crippen molar-refractivity contribution in [3.63, 3.8) is 0 Å². The van der Waals surface area contributed by atoms with E-state index in [0.717, 1.165) is 25.1 Å². The Morgan fingerprint density at radius 3 is 2.46 bits per heavy atom. The van der Waals surface area contributed by atoms with Gasteiger partial charge in [0.2, 0.25) is 0 Å². The summed E-state index contributed by atoms with van der Waals surface area (Å²) in [4.78, 5) is 6.40. The quantitative estimate of drug-likeness (QED) is 0.723. The third-order valence-electron chi connectivity index (χ3n) is 5.49. The van der Waals surface area contributed by atoms with Gasteiger partial charge in [-0.05, 0) is 37.1 Å². The van der Waals surface area contributed by atoms with E-state index < -0.39 is 10.0 Å². The Bertz CT molecular complexity index is 966. The Morgan fingerprint density at radius 1 is 1.21 bits per heavy atom. The van der Waals surface area contributed by atoms with Gasteiger partial charge >= 0.3 is 0 Å². The van der Waals surface area contributed by atoms with Gasteiger partial charge in [0.1, 0.15) is 12.4 Å². The predicted molar refractivity (Wildman–Crippen MR) is 102 cm³/mol. The number of rotatable bonds is 6. The number of aryl methyl sites for hydroxylation is 1. The summed E-state index contributed by atoms with van der Waals surface area (Å²) in [6.07, 6.45) is 5.05. The molecule has 2 atom stereocenters. The van der Waals surface area contributed by atoms with Crippen molar-refractivity contribution in [2.24, 2.45) is 7.05 Å². The van der Waals surface area contributed by atoms with Crippen molar-refractivity contribution in [1.82, 2.24) is 18.8 Å². The minimum Gasteiger partial charge on any atom is -0.492 e. The average Bonchev–Trinajstić information content (AvgIpc) is 3.22. The molecule has 2 aliphatic heterocycles. The molecule has 3 heterocycles. The smallest absolute Gasteiger partial charge is 0.262 e. The van der Waals surface area contributed by atoms with Crippen LogP contribution in [0.1, 0.15) is 18.4 Å². The van der Waals surface area contributed by atoms with Gasteiger partial charge in [0.15, 0.2) is 5.03 Å². The first-order valence-electron chi connectivity index (χ1n) is 9.34. The van der Waals surface area contributed by atoms with Crippen molar-refractivity contribution in [3.05, 3.63) is 42.4 Å². The van der Waals surface area contributed by atoms with Crippen molar-refractivity contribution in [2.75, 3.05) is 26.2 Å². The lowest BCUT2D eigenvalue weighted by Gasteiger charge is -2.39. The van der Waals surface area contributed by atoms with E-state index in [9.17, 15) is 8.42 Å². The molecule has 1 aromatic carbocycles. The Labute approximate surface area is 165 Å². The average molecular weight is 401 g/mol. The first-order chi connectivity index (χ1) is 13.5. The summed E-state index contributed by atoms with van der Waals surface area (Å²) in [5.74, 6) is 0.739. The van der Waals surface area contributed by atoms with E-state index in [1.165, 1.54) is 6.33 Å². The maximum absolute atomic E-state index is 12.9. The Hall–Kier alpha value is -2.41. The lowest BCUT2D eigenvalue weighted by molar-refractivity contribution is 0.0926. The molecule has 9 heteroatoms. The highest BCUT2D eigenvalue weighted by molar-refractivity contribution is 7.89. The van der Waals surface area contributed by atoms with Crippen molar-refractivity contribution in [2.45, 2.75) is 30.0 Å². The summed E-state index contributed by atoms with van der Waals surface area (Å²) >= 11 is 0. The second-order valence-electron chi connectivity index (χ2n) is 7.31. The van der Waals surface area contributed by atoms with Crippen LogP contribution < -0.4 is 4.74 Å². The van der Waals surface area contributed by atoms with E-state index in [-0.39, 0.29) is 17.1 Å². The lowest BCUT2D eigenvalue weighted by atomic mass is 10.2. The molecule has 1 aromatic heterocycles. The van der Waals surface area contributed by atoms with E-state index in [4.69, 9.17) is 10.00 Å². The van der Waals surface area contributed by atoms with Crippen LogP contribution in [0.4, 0.5) is 0 Å². The molecule has 2 fully saturated rings. The number of nitrogens with zero attached hydrogens (tertiary/aromatic N) is 5. The SMILES string of the molecule is Cn1cnc(S(=O)(=O)N2CC3CCC(C2)N3CCOc2ccc(C#N)cc2)c1. The summed E-state index contributed by atoms with van der Waals surface area (Å²) in [7, 11) is -1.78. The second kappa shape index (κ2) is 7.54. The molecule has 0 saturated carbocycles. The number of hydrogen-bond acceptors (Lipinski definition) is 6. The lowest BCUT2D eigenvalue weighted by Crippen LogP contribution is -2.55. The monoisotopic (exact) mass is 401 g/mol. The first kappa shape index (κ1) is 18.9. The van der Waals surface area contributed by atoms with Gasteiger partial charge in [0, 0.05) is 45.0 Å². The molecule has 4 rings (SSSR count). The largest absolute Gasteiger partial charge is 0.492 e. The molecule has 0 aliphatic carbocycles. The highest BCUT2D eigenvalue weighted by atomic mass is 32.2. The molecule has 0 radical (unpaired) electrons. The van der Waals surface area contributed by atoms with Gasteiger partial charge in [-0.1, -0.05) is 0 Å². The molecule has 2 aliphatic rings. The first-order valence-corrected chi connectivity index (χ1v) is 10.8. The van der Waals surface area contributed by atoms with Crippen LogP contribution >= 0.6 is 0 Å². The van der Waals surface area contributed by atoms with Crippen LogP contribution in [0.2, 0.25) is 0 Å². The van der Waals surface area contributed by atoms with Crippen LogP contribution in [0.3, 0.4) is 0 Å². The van der Waals surface area contributed by atoms with Crippen LogP contribution in [0.5, 0.6) is 5.75 Å². The number of sulfonamides is 1. The topological polar surface area (TPSA) is 91.5 Å². The number of nitriles is 1. The van der Waals surface area contributed by atoms with Gasteiger partial charge < -0.3 is 9.30 Å². The van der Waals surface area contributed by atoms with E-state index in [1.807, 2.05) is 0 Å². The van der Waals surface area contributed by atoms with Crippen molar-refractivity contribution in [1.29, 1.82) is 5.26 Å². The fourth-order valence-corrected chi connectivity index (χ4v) is 5.54. The number of benzene rings is 1. The number of ether oxygens (including phenoxy) is 1. The number of aromatic nitrogens is 2. The van der Waals surface area contributed by atoms with Crippen LogP contribution in [0.25, 0.3) is 0 Å². The normalized spacial score (nSPS) is 22.9. The van der Waals surface area contributed by atoms with Gasteiger partial charge in [-0.25, -0.2) is 13.4 Å². The zero-order valence-electron chi connectivity index (χ0n) is 15.7. The molecule has 2 unspecified atom stereocenters. The van der Waals surface area contributed by atoms with Gasteiger partial charge in [-0.3, -0.25) is 4.90 Å². The van der Waals surface area contributed by atoms with Gasteiger partial charge in [-0.2, -0.15) is 9.57 Å². The minimum absolute atomic E-state index is 0.118. The Kier molecular flexibility index (Phi) is 5.10. The van der Waals surface area contributed by atoms with Crippen molar-refractivity contribution < 1.29 is 13.2 Å².